The minimum absolute atomic E-state index is 0.322. The highest BCUT2D eigenvalue weighted by Crippen LogP contribution is 2.22. The third-order valence-electron chi connectivity index (χ3n) is 1.68. The Balaban J connectivity index is 4.48. The maximum Gasteiger partial charge on any atom is 0.392 e. The lowest BCUT2D eigenvalue weighted by Gasteiger charge is -2.15. The predicted molar refractivity (Wildman–Crippen MR) is 46.5 cm³/mol. The molecule has 3 nitrogen and oxygen atoms in total. The van der Waals surface area contributed by atoms with Crippen LogP contribution < -0.4 is 0 Å². The number of methoxy groups -OCH3 is 1. The number of ether oxygens (including phenoxy) is 1. The van der Waals surface area contributed by atoms with E-state index in [9.17, 15) is 4.79 Å². The molecule has 0 fully saturated rings. The highest BCUT2D eigenvalue weighted by atomic mass is 16.5. The van der Waals surface area contributed by atoms with Crippen LogP contribution in [0.3, 0.4) is 0 Å². The van der Waals surface area contributed by atoms with Gasteiger partial charge in [0.05, 0.1) is 7.11 Å². The van der Waals surface area contributed by atoms with E-state index in [0.717, 1.165) is 0 Å². The van der Waals surface area contributed by atoms with Gasteiger partial charge >= 0.3 is 11.5 Å². The molecule has 0 bridgehead atoms. The normalized spacial score (nSPS) is 15.0. The summed E-state index contributed by atoms with van der Waals surface area (Å²) in [5.41, 5.74) is -0.997. The number of carbonyl (C=O) groups excluding carboxylic acids is 1. The van der Waals surface area contributed by atoms with Crippen molar-refractivity contribution < 1.29 is 9.53 Å². The fourth-order valence-electron chi connectivity index (χ4n) is 1.19. The molecule has 0 amide bonds. The van der Waals surface area contributed by atoms with Gasteiger partial charge in [-0.1, -0.05) is 13.8 Å². The van der Waals surface area contributed by atoms with Crippen molar-refractivity contribution in [1.29, 1.82) is 0 Å². The van der Waals surface area contributed by atoms with E-state index in [1.165, 1.54) is 7.11 Å². The molecule has 0 aromatic carbocycles. The lowest BCUT2D eigenvalue weighted by atomic mass is 9.92. The second kappa shape index (κ2) is 4.10. The van der Waals surface area contributed by atoms with Crippen LogP contribution in [-0.2, 0) is 9.53 Å². The van der Waals surface area contributed by atoms with Crippen LogP contribution in [0.25, 0.3) is 4.85 Å². The number of hydrogen-bond donors (Lipinski definition) is 0. The second-order valence-electron chi connectivity index (χ2n) is 3.48. The highest BCUT2D eigenvalue weighted by molar-refractivity contribution is 5.82. The first kappa shape index (κ1) is 11.0. The van der Waals surface area contributed by atoms with E-state index in [-0.39, 0.29) is 0 Å². The molecular weight excluding hydrogens is 154 g/mol. The molecule has 12 heavy (non-hydrogen) atoms. The molecule has 0 spiro atoms. The van der Waals surface area contributed by atoms with Crippen LogP contribution in [0.2, 0.25) is 0 Å². The van der Waals surface area contributed by atoms with E-state index < -0.39 is 11.5 Å². The summed E-state index contributed by atoms with van der Waals surface area (Å²) in [6, 6.07) is 0. The Morgan fingerprint density at radius 3 is 2.42 bits per heavy atom. The molecule has 3 heteroatoms. The van der Waals surface area contributed by atoms with Crippen molar-refractivity contribution in [1.82, 2.24) is 0 Å². The quantitative estimate of drug-likeness (QED) is 0.477. The zero-order valence-electron chi connectivity index (χ0n) is 8.05. The first-order valence-electron chi connectivity index (χ1n) is 3.93. The van der Waals surface area contributed by atoms with Crippen molar-refractivity contribution in [2.45, 2.75) is 32.7 Å². The largest absolute Gasteiger partial charge is 0.463 e. The van der Waals surface area contributed by atoms with Gasteiger partial charge in [-0.05, 0) is 5.92 Å². The van der Waals surface area contributed by atoms with Crippen LogP contribution in [0.4, 0.5) is 0 Å². The van der Waals surface area contributed by atoms with Crippen LogP contribution in [0.5, 0.6) is 0 Å². The number of rotatable bonds is 3. The molecule has 0 radical (unpaired) electrons. The lowest BCUT2D eigenvalue weighted by Crippen LogP contribution is -2.34. The van der Waals surface area contributed by atoms with Gasteiger partial charge in [0.25, 0.3) is 0 Å². The Hall–Kier alpha value is -1.04. The summed E-state index contributed by atoms with van der Waals surface area (Å²) in [5.74, 6) is -0.116. The third-order valence-corrected chi connectivity index (χ3v) is 1.68. The van der Waals surface area contributed by atoms with Gasteiger partial charge in [0, 0.05) is 13.3 Å². The Morgan fingerprint density at radius 2 is 2.17 bits per heavy atom. The van der Waals surface area contributed by atoms with Crippen molar-refractivity contribution in [3.05, 3.63) is 11.4 Å². The fourth-order valence-corrected chi connectivity index (χ4v) is 1.19. The van der Waals surface area contributed by atoms with Crippen LogP contribution >= 0.6 is 0 Å². The van der Waals surface area contributed by atoms with Gasteiger partial charge in [0.15, 0.2) is 0 Å². The smallest absolute Gasteiger partial charge is 0.392 e. The maximum atomic E-state index is 11.2. The number of hydrogen-bond acceptors (Lipinski definition) is 2. The number of carbonyl (C=O) groups is 1. The first-order valence-corrected chi connectivity index (χ1v) is 3.93. The summed E-state index contributed by atoms with van der Waals surface area (Å²) in [5, 5.41) is 0. The van der Waals surface area contributed by atoms with E-state index in [4.69, 9.17) is 6.57 Å². The average Bonchev–Trinajstić information content (AvgIpc) is 2.01. The average molecular weight is 169 g/mol. The fraction of sp³-hybridized carbons (Fsp3) is 0.778. The Labute approximate surface area is 73.5 Å². The van der Waals surface area contributed by atoms with Gasteiger partial charge in [-0.3, -0.25) is 4.85 Å². The Bertz CT molecular complexity index is 205. The molecule has 0 aromatic rings. The second-order valence-corrected chi connectivity index (χ2v) is 3.48. The molecule has 0 aliphatic carbocycles. The van der Waals surface area contributed by atoms with E-state index in [1.807, 2.05) is 13.8 Å². The van der Waals surface area contributed by atoms with E-state index >= 15 is 0 Å². The molecule has 0 aliphatic rings. The van der Waals surface area contributed by atoms with Crippen LogP contribution in [0.1, 0.15) is 27.2 Å². The summed E-state index contributed by atoms with van der Waals surface area (Å²) in [6.45, 7) is 12.5. The molecule has 0 heterocycles. The van der Waals surface area contributed by atoms with Gasteiger partial charge in [-0.25, -0.2) is 11.4 Å². The first-order chi connectivity index (χ1) is 5.46. The number of esters is 1. The molecule has 0 unspecified atom stereocenters. The third kappa shape index (κ3) is 2.54. The Morgan fingerprint density at radius 1 is 1.67 bits per heavy atom. The summed E-state index contributed by atoms with van der Waals surface area (Å²) in [6.07, 6.45) is 0.545. The number of nitrogens with zero attached hydrogens (tertiary/aromatic N) is 1. The molecule has 68 valence electrons. The van der Waals surface area contributed by atoms with Crippen molar-refractivity contribution in [3.63, 3.8) is 0 Å². The van der Waals surface area contributed by atoms with Gasteiger partial charge in [-0.15, -0.1) is 0 Å². The summed E-state index contributed by atoms with van der Waals surface area (Å²) < 4.78 is 4.55. The standard InChI is InChI=1S/C9H15NO2/c1-7(2)6-9(3,10-4)8(11)12-5/h7H,6H2,1-3,5H3/t9-/m1/s1. The van der Waals surface area contributed by atoms with Crippen molar-refractivity contribution in [2.75, 3.05) is 7.11 Å². The summed E-state index contributed by atoms with van der Waals surface area (Å²) in [7, 11) is 1.31. The Kier molecular flexibility index (Phi) is 3.75. The van der Waals surface area contributed by atoms with Crippen molar-refractivity contribution >= 4 is 5.97 Å². The molecule has 1 atom stereocenters. The van der Waals surface area contributed by atoms with Crippen LogP contribution in [0.15, 0.2) is 0 Å². The monoisotopic (exact) mass is 169 g/mol. The molecule has 0 saturated heterocycles. The maximum absolute atomic E-state index is 11.2. The summed E-state index contributed by atoms with van der Waals surface area (Å²) in [4.78, 5) is 14.5. The molecule has 0 saturated carbocycles. The highest BCUT2D eigenvalue weighted by Gasteiger charge is 2.41. The van der Waals surface area contributed by atoms with E-state index in [2.05, 4.69) is 9.58 Å². The van der Waals surface area contributed by atoms with Gasteiger partial charge < -0.3 is 4.74 Å². The zero-order valence-corrected chi connectivity index (χ0v) is 8.05. The van der Waals surface area contributed by atoms with E-state index in [0.29, 0.717) is 12.3 Å². The molecule has 0 aromatic heterocycles. The van der Waals surface area contributed by atoms with E-state index in [1.54, 1.807) is 6.92 Å². The van der Waals surface area contributed by atoms with Crippen LogP contribution in [-0.4, -0.2) is 18.6 Å². The molecule has 0 N–H and O–H groups in total. The van der Waals surface area contributed by atoms with Gasteiger partial charge in [-0.2, -0.15) is 0 Å². The lowest BCUT2D eigenvalue weighted by molar-refractivity contribution is -0.145. The van der Waals surface area contributed by atoms with Crippen molar-refractivity contribution in [3.8, 4) is 0 Å². The topological polar surface area (TPSA) is 30.7 Å². The summed E-state index contributed by atoms with van der Waals surface area (Å²) >= 11 is 0. The van der Waals surface area contributed by atoms with Crippen LogP contribution in [0, 0.1) is 12.5 Å². The SMILES string of the molecule is [C-]#[N+][C@](C)(CC(C)C)C(=O)OC. The minimum atomic E-state index is -0.997. The predicted octanol–water partition coefficient (Wildman–Crippen LogP) is 1.88. The van der Waals surface area contributed by atoms with Gasteiger partial charge in [0.2, 0.25) is 0 Å². The molecular formula is C9H15NO2. The van der Waals surface area contributed by atoms with Crippen molar-refractivity contribution in [2.24, 2.45) is 5.92 Å². The molecule has 0 aliphatic heterocycles. The zero-order chi connectivity index (χ0) is 9.78. The molecule has 0 rings (SSSR count). The minimum Gasteiger partial charge on any atom is -0.463 e. The van der Waals surface area contributed by atoms with Gasteiger partial charge in [0.1, 0.15) is 0 Å².